The van der Waals surface area contributed by atoms with Crippen molar-refractivity contribution in [2.45, 2.75) is 57.9 Å². The Morgan fingerprint density at radius 3 is 3.09 bits per heavy atom. The molecule has 1 amide bonds. The maximum atomic E-state index is 12.1. The van der Waals surface area contributed by atoms with E-state index < -0.39 is 0 Å². The Morgan fingerprint density at radius 1 is 1.43 bits per heavy atom. The minimum absolute atomic E-state index is 0.141. The molecule has 1 fully saturated rings. The van der Waals surface area contributed by atoms with Crippen molar-refractivity contribution in [3.63, 3.8) is 0 Å². The third kappa shape index (κ3) is 4.41. The third-order valence-corrected chi connectivity index (χ3v) is 5.33. The SMILES string of the molecule is C[C@H]1CCCC[C@H]1NC(=O)CCCc1nc(-c2cccs2)no1. The predicted molar refractivity (Wildman–Crippen MR) is 90.1 cm³/mol. The molecule has 2 aromatic rings. The Balaban J connectivity index is 1.41. The fourth-order valence-corrected chi connectivity index (χ4v) is 3.72. The van der Waals surface area contributed by atoms with Gasteiger partial charge < -0.3 is 9.84 Å². The van der Waals surface area contributed by atoms with Crippen molar-refractivity contribution in [2.75, 3.05) is 0 Å². The minimum atomic E-state index is 0.141. The molecule has 124 valence electrons. The summed E-state index contributed by atoms with van der Waals surface area (Å²) in [6.45, 7) is 2.23. The van der Waals surface area contributed by atoms with Crippen LogP contribution in [-0.4, -0.2) is 22.1 Å². The zero-order valence-corrected chi connectivity index (χ0v) is 14.3. The Bertz CT molecular complexity index is 624. The topological polar surface area (TPSA) is 68.0 Å². The van der Waals surface area contributed by atoms with Crippen molar-refractivity contribution in [3.8, 4) is 10.7 Å². The van der Waals surface area contributed by atoms with E-state index in [1.54, 1.807) is 11.3 Å². The Hall–Kier alpha value is -1.69. The highest BCUT2D eigenvalue weighted by Gasteiger charge is 2.22. The number of aromatic nitrogens is 2. The Labute approximate surface area is 140 Å². The van der Waals surface area contributed by atoms with E-state index in [4.69, 9.17) is 4.52 Å². The van der Waals surface area contributed by atoms with E-state index in [0.717, 1.165) is 17.7 Å². The molecule has 0 saturated heterocycles. The molecule has 1 saturated carbocycles. The van der Waals surface area contributed by atoms with Gasteiger partial charge in [0.1, 0.15) is 0 Å². The van der Waals surface area contributed by atoms with Crippen LogP contribution in [0.15, 0.2) is 22.0 Å². The van der Waals surface area contributed by atoms with Gasteiger partial charge in [0.05, 0.1) is 4.88 Å². The summed E-state index contributed by atoms with van der Waals surface area (Å²) in [5.41, 5.74) is 0. The highest BCUT2D eigenvalue weighted by molar-refractivity contribution is 7.13. The summed E-state index contributed by atoms with van der Waals surface area (Å²) in [6.07, 6.45) is 6.74. The summed E-state index contributed by atoms with van der Waals surface area (Å²) in [6, 6.07) is 4.29. The number of thiophene rings is 1. The van der Waals surface area contributed by atoms with Gasteiger partial charge in [0, 0.05) is 18.9 Å². The fourth-order valence-electron chi connectivity index (χ4n) is 3.07. The van der Waals surface area contributed by atoms with Gasteiger partial charge >= 0.3 is 0 Å². The van der Waals surface area contributed by atoms with Gasteiger partial charge in [-0.05, 0) is 36.6 Å². The summed E-state index contributed by atoms with van der Waals surface area (Å²) in [5.74, 6) is 1.97. The number of nitrogens with one attached hydrogen (secondary N) is 1. The quantitative estimate of drug-likeness (QED) is 0.872. The first-order valence-corrected chi connectivity index (χ1v) is 9.26. The van der Waals surface area contributed by atoms with Crippen LogP contribution in [0.5, 0.6) is 0 Å². The molecule has 6 heteroatoms. The normalized spacial score (nSPS) is 21.3. The number of carbonyl (C=O) groups is 1. The van der Waals surface area contributed by atoms with E-state index >= 15 is 0 Å². The molecule has 0 radical (unpaired) electrons. The van der Waals surface area contributed by atoms with Gasteiger partial charge in [-0.25, -0.2) is 0 Å². The van der Waals surface area contributed by atoms with Crippen molar-refractivity contribution in [1.29, 1.82) is 0 Å². The highest BCUT2D eigenvalue weighted by Crippen LogP contribution is 2.24. The second-order valence-electron chi connectivity index (χ2n) is 6.28. The van der Waals surface area contributed by atoms with Crippen LogP contribution < -0.4 is 5.32 Å². The predicted octanol–water partition coefficient (Wildman–Crippen LogP) is 3.82. The average Bonchev–Trinajstić information content (AvgIpc) is 3.20. The molecule has 0 spiro atoms. The van der Waals surface area contributed by atoms with Gasteiger partial charge in [0.25, 0.3) is 0 Å². The summed E-state index contributed by atoms with van der Waals surface area (Å²) in [5, 5.41) is 9.15. The zero-order chi connectivity index (χ0) is 16.1. The number of hydrogen-bond donors (Lipinski definition) is 1. The maximum absolute atomic E-state index is 12.1. The fraction of sp³-hybridized carbons (Fsp3) is 0.588. The van der Waals surface area contributed by atoms with Gasteiger partial charge in [0.2, 0.25) is 17.6 Å². The first-order valence-electron chi connectivity index (χ1n) is 8.38. The van der Waals surface area contributed by atoms with Crippen LogP contribution in [0.1, 0.15) is 51.3 Å². The molecular formula is C17H23N3O2S. The van der Waals surface area contributed by atoms with E-state index in [2.05, 4.69) is 22.4 Å². The lowest BCUT2D eigenvalue weighted by Gasteiger charge is -2.29. The van der Waals surface area contributed by atoms with Crippen molar-refractivity contribution < 1.29 is 9.32 Å². The van der Waals surface area contributed by atoms with Crippen LogP contribution in [0, 0.1) is 5.92 Å². The summed E-state index contributed by atoms with van der Waals surface area (Å²) in [7, 11) is 0. The third-order valence-electron chi connectivity index (χ3n) is 4.46. The highest BCUT2D eigenvalue weighted by atomic mass is 32.1. The molecule has 1 aliphatic carbocycles. The smallest absolute Gasteiger partial charge is 0.226 e. The van der Waals surface area contributed by atoms with E-state index in [9.17, 15) is 4.79 Å². The van der Waals surface area contributed by atoms with Crippen LogP contribution in [0.4, 0.5) is 0 Å². The molecule has 0 bridgehead atoms. The van der Waals surface area contributed by atoms with E-state index in [0.29, 0.717) is 36.5 Å². The molecule has 2 atom stereocenters. The van der Waals surface area contributed by atoms with Gasteiger partial charge in [-0.15, -0.1) is 11.3 Å². The summed E-state index contributed by atoms with van der Waals surface area (Å²) >= 11 is 1.59. The van der Waals surface area contributed by atoms with Crippen LogP contribution >= 0.6 is 11.3 Å². The van der Waals surface area contributed by atoms with E-state index in [1.807, 2.05) is 17.5 Å². The number of rotatable bonds is 6. The average molecular weight is 333 g/mol. The molecule has 2 aromatic heterocycles. The number of carbonyl (C=O) groups excluding carboxylic acids is 1. The molecule has 1 aliphatic rings. The first-order chi connectivity index (χ1) is 11.2. The molecule has 5 nitrogen and oxygen atoms in total. The molecule has 0 unspecified atom stereocenters. The van der Waals surface area contributed by atoms with E-state index in [-0.39, 0.29) is 5.91 Å². The molecule has 0 aromatic carbocycles. The van der Waals surface area contributed by atoms with Crippen molar-refractivity contribution in [1.82, 2.24) is 15.5 Å². The van der Waals surface area contributed by atoms with Gasteiger partial charge in [-0.3, -0.25) is 4.79 Å². The summed E-state index contributed by atoms with van der Waals surface area (Å²) < 4.78 is 5.25. The standard InChI is InChI=1S/C17H23N3O2S/c1-12-6-2-3-7-13(12)18-15(21)9-4-10-16-19-17(20-22-16)14-8-5-11-23-14/h5,8,11-13H,2-4,6-7,9-10H2,1H3,(H,18,21)/t12-,13+/m0/s1. The maximum Gasteiger partial charge on any atom is 0.226 e. The Kier molecular flexibility index (Phi) is 5.43. The van der Waals surface area contributed by atoms with Crippen LogP contribution in [0.2, 0.25) is 0 Å². The number of nitrogens with zero attached hydrogens (tertiary/aromatic N) is 2. The lowest BCUT2D eigenvalue weighted by molar-refractivity contribution is -0.122. The molecule has 23 heavy (non-hydrogen) atoms. The van der Waals surface area contributed by atoms with Crippen LogP contribution in [0.25, 0.3) is 10.7 Å². The summed E-state index contributed by atoms with van der Waals surface area (Å²) in [4.78, 5) is 17.4. The number of aryl methyl sites for hydroxylation is 1. The van der Waals surface area contributed by atoms with Crippen molar-refractivity contribution in [2.24, 2.45) is 5.92 Å². The lowest BCUT2D eigenvalue weighted by atomic mass is 9.86. The Morgan fingerprint density at radius 2 is 2.30 bits per heavy atom. The molecule has 1 N–H and O–H groups in total. The molecule has 2 heterocycles. The molecule has 0 aliphatic heterocycles. The largest absolute Gasteiger partial charge is 0.353 e. The van der Waals surface area contributed by atoms with Gasteiger partial charge in [0.15, 0.2) is 0 Å². The second-order valence-corrected chi connectivity index (χ2v) is 7.23. The van der Waals surface area contributed by atoms with Gasteiger partial charge in [-0.2, -0.15) is 4.98 Å². The van der Waals surface area contributed by atoms with Gasteiger partial charge in [-0.1, -0.05) is 31.0 Å². The number of amides is 1. The molecule has 3 rings (SSSR count). The van der Waals surface area contributed by atoms with Crippen molar-refractivity contribution in [3.05, 3.63) is 23.4 Å². The second kappa shape index (κ2) is 7.73. The monoisotopic (exact) mass is 333 g/mol. The van der Waals surface area contributed by atoms with E-state index in [1.165, 1.54) is 19.3 Å². The zero-order valence-electron chi connectivity index (χ0n) is 13.5. The van der Waals surface area contributed by atoms with Crippen LogP contribution in [-0.2, 0) is 11.2 Å². The first kappa shape index (κ1) is 16.2. The number of hydrogen-bond acceptors (Lipinski definition) is 5. The lowest BCUT2D eigenvalue weighted by Crippen LogP contribution is -2.40. The van der Waals surface area contributed by atoms with Crippen LogP contribution in [0.3, 0.4) is 0 Å². The molecular weight excluding hydrogens is 310 g/mol. The van der Waals surface area contributed by atoms with Crippen molar-refractivity contribution >= 4 is 17.2 Å². The minimum Gasteiger partial charge on any atom is -0.353 e.